The second-order valence-corrected chi connectivity index (χ2v) is 34.1. The van der Waals surface area contributed by atoms with E-state index in [1.165, 1.54) is 72.3 Å². The Bertz CT molecular complexity index is 8100. The number of aryl methyl sites for hydroxylation is 3. The molecule has 141 heavy (non-hydrogen) atoms. The van der Waals surface area contributed by atoms with E-state index in [4.69, 9.17) is 18.2 Å². The van der Waals surface area contributed by atoms with Gasteiger partial charge in [-0.25, -0.2) is 0 Å². The number of nitrogens with zero attached hydrogens (tertiary/aromatic N) is 6. The fourth-order valence-electron chi connectivity index (χ4n) is 17.2. The summed E-state index contributed by atoms with van der Waals surface area (Å²) in [5.41, 5.74) is 35.2. The van der Waals surface area contributed by atoms with E-state index in [2.05, 4.69) is 357 Å². The van der Waals surface area contributed by atoms with Gasteiger partial charge in [-0.15, -0.1) is 178 Å². The van der Waals surface area contributed by atoms with Crippen molar-refractivity contribution in [3.63, 3.8) is 0 Å². The average molecular weight is 2350 g/mol. The average Bonchev–Trinajstić information content (AvgIpc) is 1.61. The van der Waals surface area contributed by atoms with Crippen molar-refractivity contribution < 1.29 is 73.6 Å². The number of pyridine rings is 6. The van der Waals surface area contributed by atoms with Crippen molar-refractivity contribution in [2.45, 2.75) is 59.3 Å². The molecule has 3 radical (unpaired) electrons. The Morgan fingerprint density at radius 2 is 0.667 bits per heavy atom. The van der Waals surface area contributed by atoms with E-state index in [0.717, 1.165) is 144 Å². The molecule has 0 N–H and O–H groups in total. The van der Waals surface area contributed by atoms with Crippen molar-refractivity contribution in [3.8, 4) is 101 Å². The molecule has 0 aliphatic carbocycles. The smallest absolute Gasteiger partial charge is 0.124 e. The summed E-state index contributed by atoms with van der Waals surface area (Å²) in [4.78, 5) is 26.8. The Balaban J connectivity index is 0.000000126. The standard InChI is InChI=1S/C32H24NO.C31H22NO.C26H20NO.C17H12N.C12H10N.C11H8N.3Ir/c1-21-17-30(33-20-29(21)24-11-7-4-8-12-24)26-14-16-32-28(19-26)27-18-25(13-15-31(27)34-32)22(2)23-9-5-3-6-10-23;1-21(22-9-4-2-5-10-22)26-13-8-14-27-28-19-25(15-16-30(28)33-31(26)27)29-20-24(17-18-32-29)23-11-6-3-7-12-23;1-17-12-13-27-24(14-17)21-9-11-25-23(15-21)22-10-8-20(16-26(22)28-25)18(2)19-6-4-3-5-7-19;1-2-7-14(8-3-1)15-9-6-10-16(13-15)17-11-4-5-12-18-17;1-10-7-8-12(13-9-10)11-5-3-2-4-6-11;1-2-6-10(7-3-1)11-8-4-5-9-12-11;;;/h3-13,15-20,22H,1-2H3;2-14,16-21H,1H3;3-8,10-16,18H,1-2H3;1-9,11-13H;2-5,7-9H,1H3;1-6,8-9H;;;/q6*-1;;;. The fraction of sp³-hybridized carbons (Fsp3) is 0.0698. The van der Waals surface area contributed by atoms with Crippen LogP contribution >= 0.6 is 0 Å². The largest absolute Gasteiger partial charge is 0.500 e. The first-order valence-electron chi connectivity index (χ1n) is 46.4. The Labute approximate surface area is 864 Å². The van der Waals surface area contributed by atoms with Gasteiger partial charge in [-0.1, -0.05) is 315 Å². The van der Waals surface area contributed by atoms with E-state index in [9.17, 15) is 0 Å². The van der Waals surface area contributed by atoms with Gasteiger partial charge in [0, 0.05) is 143 Å². The minimum Gasteiger partial charge on any atom is -0.500 e. The zero-order valence-electron chi connectivity index (χ0n) is 78.4. The van der Waals surface area contributed by atoms with Crippen LogP contribution in [0.2, 0.25) is 0 Å². The number of rotatable bonds is 15. The molecule has 0 bridgehead atoms. The van der Waals surface area contributed by atoms with Crippen LogP contribution in [-0.4, -0.2) is 29.9 Å². The van der Waals surface area contributed by atoms with Gasteiger partial charge in [0.05, 0.1) is 16.7 Å². The maximum atomic E-state index is 6.36. The Hall–Kier alpha value is -15.5. The van der Waals surface area contributed by atoms with Crippen LogP contribution in [0.3, 0.4) is 0 Å². The van der Waals surface area contributed by atoms with E-state index in [1.807, 2.05) is 189 Å². The molecule has 9 heterocycles. The Morgan fingerprint density at radius 3 is 1.21 bits per heavy atom. The van der Waals surface area contributed by atoms with Gasteiger partial charge in [0.1, 0.15) is 16.7 Å². The second kappa shape index (κ2) is 47.3. The van der Waals surface area contributed by atoms with Crippen LogP contribution in [0.25, 0.3) is 167 Å². The van der Waals surface area contributed by atoms with Crippen LogP contribution in [0.5, 0.6) is 0 Å². The van der Waals surface area contributed by atoms with Crippen LogP contribution in [0.1, 0.15) is 88.6 Å². The van der Waals surface area contributed by atoms with E-state index in [-0.39, 0.29) is 66.2 Å². The maximum Gasteiger partial charge on any atom is 0.124 e. The molecule has 3 atom stereocenters. The van der Waals surface area contributed by atoms with Gasteiger partial charge in [-0.2, -0.15) is 0 Å². The molecule has 0 spiro atoms. The van der Waals surface area contributed by atoms with E-state index in [0.29, 0.717) is 11.8 Å². The van der Waals surface area contributed by atoms with Crippen molar-refractivity contribution in [2.24, 2.45) is 0 Å². The zero-order valence-corrected chi connectivity index (χ0v) is 85.6. The van der Waals surface area contributed by atoms with Gasteiger partial charge in [0.2, 0.25) is 0 Å². The van der Waals surface area contributed by atoms with Crippen molar-refractivity contribution in [1.29, 1.82) is 0 Å². The predicted molar refractivity (Wildman–Crippen MR) is 565 cm³/mol. The third-order valence-electron chi connectivity index (χ3n) is 24.9. The molecule has 0 amide bonds. The topological polar surface area (TPSA) is 117 Å². The minimum absolute atomic E-state index is 0. The third-order valence-corrected chi connectivity index (χ3v) is 24.9. The van der Waals surface area contributed by atoms with Crippen LogP contribution in [0.15, 0.2) is 469 Å². The van der Waals surface area contributed by atoms with Crippen molar-refractivity contribution in [3.05, 3.63) is 542 Å². The molecule has 24 rings (SSSR count). The summed E-state index contributed by atoms with van der Waals surface area (Å²) >= 11 is 0. The molecule has 12 heteroatoms. The van der Waals surface area contributed by atoms with Crippen LogP contribution < -0.4 is 0 Å². The molecule has 0 saturated carbocycles. The molecule has 0 aliphatic heterocycles. The Morgan fingerprint density at radius 1 is 0.227 bits per heavy atom. The third kappa shape index (κ3) is 23.8. The van der Waals surface area contributed by atoms with Gasteiger partial charge in [-0.3, -0.25) is 0 Å². The van der Waals surface area contributed by atoms with Crippen LogP contribution in [0, 0.1) is 57.2 Å². The van der Waals surface area contributed by atoms with Gasteiger partial charge in [0.15, 0.2) is 0 Å². The number of hydrogen-bond acceptors (Lipinski definition) is 9. The number of para-hydroxylation sites is 1. The maximum absolute atomic E-state index is 6.36. The van der Waals surface area contributed by atoms with E-state index < -0.39 is 0 Å². The monoisotopic (exact) mass is 2360 g/mol. The van der Waals surface area contributed by atoms with Crippen LogP contribution in [-0.2, 0) is 60.3 Å². The van der Waals surface area contributed by atoms with Gasteiger partial charge in [0.25, 0.3) is 0 Å². The first-order chi connectivity index (χ1) is 67.9. The van der Waals surface area contributed by atoms with Crippen molar-refractivity contribution in [2.75, 3.05) is 0 Å². The number of hydrogen-bond donors (Lipinski definition) is 0. The molecule has 24 aromatic rings. The number of benzene rings is 15. The summed E-state index contributed by atoms with van der Waals surface area (Å²) in [6.07, 6.45) is 11.1. The summed E-state index contributed by atoms with van der Waals surface area (Å²) in [6.45, 7) is 13.0. The fourth-order valence-corrected chi connectivity index (χ4v) is 17.2. The first kappa shape index (κ1) is 98.6. The minimum atomic E-state index is 0. The predicted octanol–water partition coefficient (Wildman–Crippen LogP) is 33.4. The number of aromatic nitrogens is 6. The first-order valence-corrected chi connectivity index (χ1v) is 46.4. The van der Waals surface area contributed by atoms with Gasteiger partial charge in [-0.05, 0) is 159 Å². The molecule has 9 aromatic heterocycles. The summed E-state index contributed by atoms with van der Waals surface area (Å²) in [6, 6.07) is 162. The second-order valence-electron chi connectivity index (χ2n) is 34.1. The normalized spacial score (nSPS) is 11.4. The zero-order chi connectivity index (χ0) is 93.9. The van der Waals surface area contributed by atoms with E-state index >= 15 is 0 Å². The number of furan rings is 3. The van der Waals surface area contributed by atoms with E-state index in [1.54, 1.807) is 12.4 Å². The summed E-state index contributed by atoms with van der Waals surface area (Å²) < 4.78 is 18.6. The molecule has 0 aliphatic rings. The number of fused-ring (bicyclic) bond motifs is 9. The molecular weight excluding hydrogens is 2260 g/mol. The van der Waals surface area contributed by atoms with Crippen molar-refractivity contribution in [1.82, 2.24) is 29.9 Å². The molecular formula is C129H96Ir3N6O3-6. The molecule has 9 nitrogen and oxygen atoms in total. The van der Waals surface area contributed by atoms with Crippen LogP contribution in [0.4, 0.5) is 0 Å². The quantitative estimate of drug-likeness (QED) is 0.0925. The Kier molecular flexibility index (Phi) is 33.1. The SMILES string of the molecule is CC(c1ccccc1)c1cccc2c1oc1c[c-]c(-c3cc(-c4ccccc4)ccn3)cc12.Cc1cc(-c2[c-]cc3oc4ccc(C(C)c5ccccc5)cc4c3c2)ncc1-c1ccccc1.Cc1ccc(-c2[c-]cccc2)nc1.Cc1ccnc(-c2[c-]cc3oc4cc(C(C)c5ccccc5)ccc4c3c2)c1.[Ir].[Ir].[Ir].[c-]1ccc(-c2ccccc2)cc1-c1ccccn1.[c-]1ccccc1-c1ccccn1. The molecule has 3 unspecified atom stereocenters. The van der Waals surface area contributed by atoms with Crippen molar-refractivity contribution >= 4 is 65.8 Å². The van der Waals surface area contributed by atoms with Gasteiger partial charge < -0.3 is 43.2 Å². The molecule has 693 valence electrons. The summed E-state index contributed by atoms with van der Waals surface area (Å²) in [5.74, 6) is 0.862. The molecule has 15 aromatic carbocycles. The molecule has 0 fully saturated rings. The summed E-state index contributed by atoms with van der Waals surface area (Å²) in [5, 5.41) is 6.67. The molecule has 0 saturated heterocycles. The van der Waals surface area contributed by atoms with Gasteiger partial charge >= 0.3 is 0 Å². The summed E-state index contributed by atoms with van der Waals surface area (Å²) in [7, 11) is 0.